The monoisotopic (exact) mass is 403 g/mol. The summed E-state index contributed by atoms with van der Waals surface area (Å²) in [6.07, 6.45) is 6.99. The van der Waals surface area contributed by atoms with Crippen molar-refractivity contribution in [1.29, 1.82) is 0 Å². The second-order valence-corrected chi connectivity index (χ2v) is 8.65. The van der Waals surface area contributed by atoms with Crippen molar-refractivity contribution >= 4 is 17.5 Å². The molecule has 3 aliphatic heterocycles. The summed E-state index contributed by atoms with van der Waals surface area (Å²) in [5.41, 5.74) is 2.29. The summed E-state index contributed by atoms with van der Waals surface area (Å²) in [6.45, 7) is 5.11. The Morgan fingerprint density at radius 2 is 2.10 bits per heavy atom. The van der Waals surface area contributed by atoms with E-state index in [2.05, 4.69) is 36.3 Å². The van der Waals surface area contributed by atoms with Gasteiger partial charge in [0.25, 0.3) is 0 Å². The van der Waals surface area contributed by atoms with E-state index in [4.69, 9.17) is 4.74 Å². The molecule has 1 N–H and O–H groups in total. The highest BCUT2D eigenvalue weighted by Gasteiger charge is 2.67. The first-order chi connectivity index (χ1) is 14.5. The summed E-state index contributed by atoms with van der Waals surface area (Å²) < 4.78 is 6.21. The Morgan fingerprint density at radius 3 is 2.80 bits per heavy atom. The normalized spacial score (nSPS) is 29.0. The van der Waals surface area contributed by atoms with E-state index in [0.717, 1.165) is 11.3 Å². The molecule has 3 aliphatic rings. The third-order valence-corrected chi connectivity index (χ3v) is 6.46. The SMILES string of the molecule is CC(C)c1ccc(N2C[C@@]34C=C[C@@H](O3)[C@@H](C(=O)NCc3cccnc3)[C@@H]4C2=O)cc1. The van der Waals surface area contributed by atoms with E-state index in [-0.39, 0.29) is 17.9 Å². The van der Waals surface area contributed by atoms with Crippen molar-refractivity contribution in [2.75, 3.05) is 11.4 Å². The summed E-state index contributed by atoms with van der Waals surface area (Å²) >= 11 is 0. The summed E-state index contributed by atoms with van der Waals surface area (Å²) in [7, 11) is 0. The van der Waals surface area contributed by atoms with Gasteiger partial charge in [-0.3, -0.25) is 14.6 Å². The summed E-state index contributed by atoms with van der Waals surface area (Å²) in [6, 6.07) is 11.8. The molecule has 2 amide bonds. The minimum Gasteiger partial charge on any atom is -0.360 e. The van der Waals surface area contributed by atoms with Crippen LogP contribution in [-0.2, 0) is 20.9 Å². The topological polar surface area (TPSA) is 71.5 Å². The van der Waals surface area contributed by atoms with Gasteiger partial charge in [0.1, 0.15) is 5.60 Å². The Bertz CT molecular complexity index is 1000. The first-order valence-electron chi connectivity index (χ1n) is 10.4. The second kappa shape index (κ2) is 7.06. The molecule has 2 fully saturated rings. The molecular formula is C24H25N3O3. The van der Waals surface area contributed by atoms with Crippen molar-refractivity contribution in [3.63, 3.8) is 0 Å². The van der Waals surface area contributed by atoms with Gasteiger partial charge in [-0.05, 0) is 35.2 Å². The van der Waals surface area contributed by atoms with Crippen molar-refractivity contribution in [2.24, 2.45) is 11.8 Å². The number of hydrogen-bond acceptors (Lipinski definition) is 4. The largest absolute Gasteiger partial charge is 0.360 e. The van der Waals surface area contributed by atoms with E-state index in [0.29, 0.717) is 19.0 Å². The van der Waals surface area contributed by atoms with Crippen LogP contribution >= 0.6 is 0 Å². The second-order valence-electron chi connectivity index (χ2n) is 8.65. The molecule has 2 aromatic rings. The molecule has 1 aromatic carbocycles. The molecule has 6 heteroatoms. The van der Waals surface area contributed by atoms with Gasteiger partial charge in [0.05, 0.1) is 24.5 Å². The van der Waals surface area contributed by atoms with E-state index in [1.165, 1.54) is 5.56 Å². The maximum atomic E-state index is 13.4. The van der Waals surface area contributed by atoms with Crippen LogP contribution in [0.3, 0.4) is 0 Å². The minimum atomic E-state index is -0.714. The smallest absolute Gasteiger partial charge is 0.234 e. The molecule has 0 aliphatic carbocycles. The number of carbonyl (C=O) groups is 2. The average Bonchev–Trinajstić information content (AvgIpc) is 3.41. The Hall–Kier alpha value is -2.99. The van der Waals surface area contributed by atoms with Gasteiger partial charge >= 0.3 is 0 Å². The zero-order valence-electron chi connectivity index (χ0n) is 17.1. The number of carbonyl (C=O) groups excluding carboxylic acids is 2. The summed E-state index contributed by atoms with van der Waals surface area (Å²) in [5.74, 6) is -0.766. The molecule has 4 atom stereocenters. The van der Waals surface area contributed by atoms with E-state index in [1.54, 1.807) is 17.3 Å². The lowest BCUT2D eigenvalue weighted by Gasteiger charge is -2.23. The van der Waals surface area contributed by atoms with Gasteiger partial charge in [-0.25, -0.2) is 0 Å². The number of nitrogens with zero attached hydrogens (tertiary/aromatic N) is 2. The standard InChI is InChI=1S/C24H25N3O3/c1-15(2)17-5-7-18(8-6-17)27-14-24-10-9-19(30-24)20(21(24)23(27)29)22(28)26-13-16-4-3-11-25-12-16/h3-12,15,19-21H,13-14H2,1-2H3,(H,26,28)/t19-,20-,21-,24-/m1/s1. The highest BCUT2D eigenvalue weighted by molar-refractivity contribution is 6.03. The Balaban J connectivity index is 1.36. The van der Waals surface area contributed by atoms with Gasteiger partial charge < -0.3 is 15.0 Å². The molecule has 1 spiro atoms. The van der Waals surface area contributed by atoms with E-state index >= 15 is 0 Å². The fraction of sp³-hybridized carbons (Fsp3) is 0.375. The van der Waals surface area contributed by atoms with Crippen LogP contribution in [0.4, 0.5) is 5.69 Å². The first-order valence-corrected chi connectivity index (χ1v) is 10.4. The van der Waals surface area contributed by atoms with Crippen molar-refractivity contribution < 1.29 is 14.3 Å². The molecule has 2 saturated heterocycles. The molecular weight excluding hydrogens is 378 g/mol. The minimum absolute atomic E-state index is 0.0410. The van der Waals surface area contributed by atoms with Crippen LogP contribution in [0.15, 0.2) is 60.9 Å². The zero-order chi connectivity index (χ0) is 20.9. The molecule has 30 heavy (non-hydrogen) atoms. The van der Waals surface area contributed by atoms with Crippen molar-refractivity contribution in [3.05, 3.63) is 72.1 Å². The molecule has 6 nitrogen and oxygen atoms in total. The number of fused-ring (bicyclic) bond motifs is 1. The lowest BCUT2D eigenvalue weighted by atomic mass is 9.77. The van der Waals surface area contributed by atoms with Gasteiger partial charge in [0.2, 0.25) is 11.8 Å². The van der Waals surface area contributed by atoms with E-state index in [1.807, 2.05) is 36.4 Å². The number of ether oxygens (including phenoxy) is 1. The highest BCUT2D eigenvalue weighted by atomic mass is 16.5. The molecule has 5 rings (SSSR count). The van der Waals surface area contributed by atoms with Gasteiger partial charge in [-0.1, -0.05) is 44.2 Å². The van der Waals surface area contributed by atoms with Gasteiger partial charge in [-0.2, -0.15) is 0 Å². The van der Waals surface area contributed by atoms with Crippen LogP contribution in [0.5, 0.6) is 0 Å². The Labute approximate surface area is 175 Å². The number of amides is 2. The lowest BCUT2D eigenvalue weighted by molar-refractivity contribution is -0.132. The molecule has 1 aromatic heterocycles. The van der Waals surface area contributed by atoms with E-state index < -0.39 is 17.4 Å². The van der Waals surface area contributed by atoms with Crippen molar-refractivity contribution in [1.82, 2.24) is 10.3 Å². The van der Waals surface area contributed by atoms with Crippen LogP contribution in [-0.4, -0.2) is 35.0 Å². The average molecular weight is 403 g/mol. The lowest BCUT2D eigenvalue weighted by Crippen LogP contribution is -2.44. The maximum absolute atomic E-state index is 13.4. The summed E-state index contributed by atoms with van der Waals surface area (Å²) in [5, 5.41) is 2.97. The molecule has 0 radical (unpaired) electrons. The maximum Gasteiger partial charge on any atom is 0.234 e. The quantitative estimate of drug-likeness (QED) is 0.780. The Morgan fingerprint density at radius 1 is 1.30 bits per heavy atom. The number of pyridine rings is 1. The number of hydrogen-bond donors (Lipinski definition) is 1. The van der Waals surface area contributed by atoms with Crippen molar-refractivity contribution in [3.8, 4) is 0 Å². The van der Waals surface area contributed by atoms with Crippen LogP contribution in [0, 0.1) is 11.8 Å². The van der Waals surface area contributed by atoms with Crippen LogP contribution in [0.25, 0.3) is 0 Å². The fourth-order valence-corrected chi connectivity index (χ4v) is 4.87. The van der Waals surface area contributed by atoms with Gasteiger partial charge in [0.15, 0.2) is 0 Å². The molecule has 0 saturated carbocycles. The number of nitrogens with one attached hydrogen (secondary N) is 1. The van der Waals surface area contributed by atoms with Crippen LogP contribution < -0.4 is 10.2 Å². The van der Waals surface area contributed by atoms with Gasteiger partial charge in [-0.15, -0.1) is 0 Å². The van der Waals surface area contributed by atoms with Gasteiger partial charge in [0, 0.05) is 24.6 Å². The van der Waals surface area contributed by atoms with Crippen molar-refractivity contribution in [2.45, 2.75) is 38.0 Å². The summed E-state index contributed by atoms with van der Waals surface area (Å²) in [4.78, 5) is 32.3. The number of aromatic nitrogens is 1. The number of rotatable bonds is 5. The molecule has 2 bridgehead atoms. The number of anilines is 1. The Kier molecular flexibility index (Phi) is 4.47. The molecule has 0 unspecified atom stereocenters. The van der Waals surface area contributed by atoms with E-state index in [9.17, 15) is 9.59 Å². The highest BCUT2D eigenvalue weighted by Crippen LogP contribution is 2.52. The third-order valence-electron chi connectivity index (χ3n) is 6.46. The van der Waals surface area contributed by atoms with Crippen LogP contribution in [0.2, 0.25) is 0 Å². The first kappa shape index (κ1) is 19.0. The predicted octanol–water partition coefficient (Wildman–Crippen LogP) is 2.81. The molecule has 4 heterocycles. The zero-order valence-corrected chi connectivity index (χ0v) is 17.1. The number of benzene rings is 1. The third kappa shape index (κ3) is 2.94. The fourth-order valence-electron chi connectivity index (χ4n) is 4.87. The van der Waals surface area contributed by atoms with Crippen LogP contribution in [0.1, 0.15) is 30.9 Å². The predicted molar refractivity (Wildman–Crippen MR) is 113 cm³/mol. The molecule has 154 valence electrons.